The van der Waals surface area contributed by atoms with Gasteiger partial charge in [-0.2, -0.15) is 0 Å². The number of hydrogen-bond donors (Lipinski definition) is 1. The molecular weight excluding hydrogens is 162 g/mol. The monoisotopic (exact) mass is 183 g/mol. The zero-order valence-corrected chi connectivity index (χ0v) is 9.55. The highest BCUT2D eigenvalue weighted by atomic mass is 15.8. The van der Waals surface area contributed by atoms with Gasteiger partial charge < -0.3 is 5.43 Å². The molecule has 1 heterocycles. The Morgan fingerprint density at radius 1 is 1.31 bits per heavy atom. The van der Waals surface area contributed by atoms with Crippen molar-refractivity contribution in [2.45, 2.75) is 40.7 Å². The summed E-state index contributed by atoms with van der Waals surface area (Å²) in [6, 6.07) is 0.498. The molecule has 0 spiro atoms. The van der Waals surface area contributed by atoms with Gasteiger partial charge in [0.1, 0.15) is 0 Å². The van der Waals surface area contributed by atoms with Crippen LogP contribution >= 0.6 is 0 Å². The van der Waals surface area contributed by atoms with Crippen molar-refractivity contribution in [2.75, 3.05) is 7.05 Å². The van der Waals surface area contributed by atoms with Gasteiger partial charge >= 0.3 is 0 Å². The minimum atomic E-state index is 0.192. The molecule has 13 heavy (non-hydrogen) atoms. The van der Waals surface area contributed by atoms with Gasteiger partial charge in [0, 0.05) is 24.7 Å². The molecule has 76 valence electrons. The summed E-state index contributed by atoms with van der Waals surface area (Å²) >= 11 is 0. The molecule has 0 aromatic carbocycles. The first-order valence-electron chi connectivity index (χ1n) is 4.83. The molecule has 0 fully saturated rings. The maximum atomic E-state index is 3.35. The summed E-state index contributed by atoms with van der Waals surface area (Å²) < 4.78 is 0. The minimum Gasteiger partial charge on any atom is -0.304 e. The number of hydrogen-bond acceptors (Lipinski definition) is 3. The maximum absolute atomic E-state index is 3.35. The molecule has 1 rings (SSSR count). The van der Waals surface area contributed by atoms with Gasteiger partial charge in [0.2, 0.25) is 0 Å². The van der Waals surface area contributed by atoms with Gasteiger partial charge in [0.05, 0.1) is 5.70 Å². The van der Waals surface area contributed by atoms with Crippen molar-refractivity contribution in [1.29, 1.82) is 0 Å². The molecule has 3 nitrogen and oxygen atoms in total. The van der Waals surface area contributed by atoms with Crippen molar-refractivity contribution in [3.8, 4) is 0 Å². The van der Waals surface area contributed by atoms with E-state index in [0.29, 0.717) is 6.04 Å². The first-order valence-corrected chi connectivity index (χ1v) is 4.83. The highest BCUT2D eigenvalue weighted by molar-refractivity contribution is 5.10. The fourth-order valence-corrected chi connectivity index (χ4v) is 1.34. The lowest BCUT2D eigenvalue weighted by Crippen LogP contribution is -2.43. The standard InChI is InChI=1S/C10H21N3/c1-8(2)13-7-9(10(3,4)5)11-12(13)6/h7-8,11H,1-6H3. The molecule has 0 aromatic rings. The third-order valence-corrected chi connectivity index (χ3v) is 2.23. The highest BCUT2D eigenvalue weighted by Crippen LogP contribution is 2.27. The van der Waals surface area contributed by atoms with E-state index in [0.717, 1.165) is 0 Å². The average Bonchev–Trinajstić information content (AvgIpc) is 2.29. The van der Waals surface area contributed by atoms with E-state index in [1.165, 1.54) is 5.70 Å². The van der Waals surface area contributed by atoms with Crippen LogP contribution in [0.25, 0.3) is 0 Å². The largest absolute Gasteiger partial charge is 0.304 e. The molecule has 0 unspecified atom stereocenters. The quantitative estimate of drug-likeness (QED) is 0.670. The smallest absolute Gasteiger partial charge is 0.0509 e. The highest BCUT2D eigenvalue weighted by Gasteiger charge is 2.27. The Bertz CT molecular complexity index is 213. The Morgan fingerprint density at radius 2 is 1.85 bits per heavy atom. The molecule has 0 aliphatic carbocycles. The summed E-state index contributed by atoms with van der Waals surface area (Å²) in [6.07, 6.45) is 2.19. The van der Waals surface area contributed by atoms with Gasteiger partial charge in [-0.15, -0.1) is 5.12 Å². The summed E-state index contributed by atoms with van der Waals surface area (Å²) in [5, 5.41) is 4.23. The third kappa shape index (κ3) is 2.15. The van der Waals surface area contributed by atoms with Gasteiger partial charge in [0.15, 0.2) is 0 Å². The minimum absolute atomic E-state index is 0.192. The summed E-state index contributed by atoms with van der Waals surface area (Å²) in [5.74, 6) is 0. The lowest BCUT2D eigenvalue weighted by molar-refractivity contribution is 0.00726. The lowest BCUT2D eigenvalue weighted by atomic mass is 9.93. The maximum Gasteiger partial charge on any atom is 0.0509 e. The number of nitrogens with one attached hydrogen (secondary N) is 1. The third-order valence-electron chi connectivity index (χ3n) is 2.23. The van der Waals surface area contributed by atoms with Crippen LogP contribution in [0.15, 0.2) is 11.9 Å². The summed E-state index contributed by atoms with van der Waals surface area (Å²) in [7, 11) is 2.04. The predicted octanol–water partition coefficient (Wildman–Crippen LogP) is 1.95. The van der Waals surface area contributed by atoms with E-state index in [1.807, 2.05) is 12.2 Å². The summed E-state index contributed by atoms with van der Waals surface area (Å²) in [4.78, 5) is 0. The van der Waals surface area contributed by atoms with E-state index in [4.69, 9.17) is 0 Å². The Balaban J connectivity index is 2.78. The summed E-state index contributed by atoms with van der Waals surface area (Å²) in [5.41, 5.74) is 4.81. The van der Waals surface area contributed by atoms with Gasteiger partial charge in [-0.25, -0.2) is 0 Å². The van der Waals surface area contributed by atoms with E-state index in [1.54, 1.807) is 0 Å². The molecule has 1 N–H and O–H groups in total. The van der Waals surface area contributed by atoms with E-state index in [9.17, 15) is 0 Å². The topological polar surface area (TPSA) is 18.5 Å². The number of allylic oxidation sites excluding steroid dienone is 1. The van der Waals surface area contributed by atoms with Gasteiger partial charge in [-0.05, 0) is 13.8 Å². The number of rotatable bonds is 1. The molecule has 3 heteroatoms. The van der Waals surface area contributed by atoms with Crippen molar-refractivity contribution in [1.82, 2.24) is 15.6 Å². The van der Waals surface area contributed by atoms with Crippen LogP contribution in [0.3, 0.4) is 0 Å². The second-order valence-corrected chi connectivity index (χ2v) is 4.90. The molecule has 0 amide bonds. The zero-order valence-electron chi connectivity index (χ0n) is 9.55. The van der Waals surface area contributed by atoms with E-state index in [-0.39, 0.29) is 5.41 Å². The molecule has 0 radical (unpaired) electrons. The van der Waals surface area contributed by atoms with Crippen molar-refractivity contribution >= 4 is 0 Å². The van der Waals surface area contributed by atoms with Crippen LogP contribution in [0.2, 0.25) is 0 Å². The molecule has 1 aliphatic rings. The van der Waals surface area contributed by atoms with Crippen LogP contribution in [-0.2, 0) is 0 Å². The molecule has 0 saturated carbocycles. The molecule has 0 aromatic heterocycles. The normalized spacial score (nSPS) is 19.3. The van der Waals surface area contributed by atoms with Gasteiger partial charge in [0.25, 0.3) is 0 Å². The van der Waals surface area contributed by atoms with Crippen LogP contribution in [0.4, 0.5) is 0 Å². The van der Waals surface area contributed by atoms with E-state index in [2.05, 4.69) is 51.3 Å². The Morgan fingerprint density at radius 3 is 2.08 bits per heavy atom. The second-order valence-electron chi connectivity index (χ2n) is 4.90. The fraction of sp³-hybridized carbons (Fsp3) is 0.800. The van der Waals surface area contributed by atoms with Crippen molar-refractivity contribution in [3.05, 3.63) is 11.9 Å². The molecular formula is C10H21N3. The second kappa shape index (κ2) is 3.22. The molecule has 0 bridgehead atoms. The van der Waals surface area contributed by atoms with Gasteiger partial charge in [-0.3, -0.25) is 5.01 Å². The molecule has 0 saturated heterocycles. The Hall–Kier alpha value is -0.700. The average molecular weight is 183 g/mol. The van der Waals surface area contributed by atoms with E-state index >= 15 is 0 Å². The van der Waals surface area contributed by atoms with Crippen LogP contribution in [-0.4, -0.2) is 23.2 Å². The van der Waals surface area contributed by atoms with Crippen LogP contribution in [0.5, 0.6) is 0 Å². The zero-order chi connectivity index (χ0) is 10.2. The summed E-state index contributed by atoms with van der Waals surface area (Å²) in [6.45, 7) is 11.0. The van der Waals surface area contributed by atoms with Gasteiger partial charge in [-0.1, -0.05) is 20.8 Å². The molecule has 1 aliphatic heterocycles. The first-order chi connectivity index (χ1) is 5.82. The van der Waals surface area contributed by atoms with Crippen molar-refractivity contribution in [3.63, 3.8) is 0 Å². The van der Waals surface area contributed by atoms with Crippen LogP contribution in [0.1, 0.15) is 34.6 Å². The Labute approximate surface area is 81.3 Å². The van der Waals surface area contributed by atoms with Crippen LogP contribution in [0, 0.1) is 5.41 Å². The van der Waals surface area contributed by atoms with Crippen molar-refractivity contribution < 1.29 is 0 Å². The fourth-order valence-electron chi connectivity index (χ4n) is 1.34. The number of nitrogens with zero attached hydrogens (tertiary/aromatic N) is 2. The molecule has 0 atom stereocenters. The Kier molecular flexibility index (Phi) is 2.57. The number of hydrazine groups is 2. The first kappa shape index (κ1) is 10.4. The van der Waals surface area contributed by atoms with E-state index < -0.39 is 0 Å². The predicted molar refractivity (Wildman–Crippen MR) is 55.4 cm³/mol. The van der Waals surface area contributed by atoms with Crippen LogP contribution < -0.4 is 5.43 Å². The SMILES string of the molecule is CC(C)N1C=C(C(C)(C)C)NN1C. The lowest BCUT2D eigenvalue weighted by Gasteiger charge is -2.28. The van der Waals surface area contributed by atoms with Crippen molar-refractivity contribution in [2.24, 2.45) is 5.41 Å².